The Labute approximate surface area is 182 Å². The van der Waals surface area contributed by atoms with Gasteiger partial charge in [0.25, 0.3) is 5.91 Å². The summed E-state index contributed by atoms with van der Waals surface area (Å²) in [5, 5.41) is 3.69. The molecule has 0 radical (unpaired) electrons. The molecule has 0 atom stereocenters. The number of rotatable bonds is 9. The van der Waals surface area contributed by atoms with Gasteiger partial charge in [-0.25, -0.2) is 0 Å². The number of halogens is 3. The number of amides is 1. The Kier molecular flexibility index (Phi) is 9.09. The maximum Gasteiger partial charge on any atom is 0.306 e. The molecule has 150 valence electrons. The fraction of sp³-hybridized carbons (Fsp3) is 0.300. The van der Waals surface area contributed by atoms with E-state index in [4.69, 9.17) is 32.7 Å². The molecule has 0 heterocycles. The van der Waals surface area contributed by atoms with E-state index in [0.29, 0.717) is 34.5 Å². The van der Waals surface area contributed by atoms with E-state index in [2.05, 4.69) is 21.2 Å². The molecule has 2 rings (SSSR count). The topological polar surface area (TPSA) is 64.6 Å². The largest absolute Gasteiger partial charge is 0.492 e. The van der Waals surface area contributed by atoms with Gasteiger partial charge in [-0.15, -0.1) is 0 Å². The van der Waals surface area contributed by atoms with Crippen LogP contribution in [0.2, 0.25) is 10.0 Å². The Morgan fingerprint density at radius 3 is 2.64 bits per heavy atom. The number of carbonyl (C=O) groups excluding carboxylic acids is 2. The number of anilines is 1. The first-order valence-electron chi connectivity index (χ1n) is 8.70. The lowest BCUT2D eigenvalue weighted by Gasteiger charge is -2.11. The van der Waals surface area contributed by atoms with Gasteiger partial charge in [-0.1, -0.05) is 46.1 Å². The fourth-order valence-corrected chi connectivity index (χ4v) is 3.24. The normalized spacial score (nSPS) is 10.4. The highest BCUT2D eigenvalue weighted by atomic mass is 79.9. The summed E-state index contributed by atoms with van der Waals surface area (Å²) in [6.07, 6.45) is 1.34. The standard InChI is InChI=1S/C20H20BrCl2NO4/c1-2-13-10-14(21)5-7-17(13)24-19(25)12-28-20(26)4-3-9-27-18-8-6-15(22)11-16(18)23/h5-8,10-11H,2-4,9,12H2,1H3,(H,24,25). The van der Waals surface area contributed by atoms with E-state index in [1.807, 2.05) is 25.1 Å². The molecule has 0 fully saturated rings. The molecule has 1 amide bonds. The molecule has 0 unspecified atom stereocenters. The minimum Gasteiger partial charge on any atom is -0.492 e. The average molecular weight is 489 g/mol. The predicted octanol–water partition coefficient (Wildman–Crippen LogP) is 5.66. The van der Waals surface area contributed by atoms with Crippen LogP contribution in [0.3, 0.4) is 0 Å². The summed E-state index contributed by atoms with van der Waals surface area (Å²) in [7, 11) is 0. The average Bonchev–Trinajstić information content (AvgIpc) is 2.66. The van der Waals surface area contributed by atoms with Gasteiger partial charge in [0, 0.05) is 21.6 Å². The molecular formula is C20H20BrCl2NO4. The second kappa shape index (κ2) is 11.3. The molecule has 0 spiro atoms. The zero-order chi connectivity index (χ0) is 20.5. The zero-order valence-electron chi connectivity index (χ0n) is 15.3. The number of nitrogens with one attached hydrogen (secondary N) is 1. The lowest BCUT2D eigenvalue weighted by Crippen LogP contribution is -2.21. The lowest BCUT2D eigenvalue weighted by atomic mass is 10.1. The van der Waals surface area contributed by atoms with Gasteiger partial charge in [-0.3, -0.25) is 9.59 Å². The number of ether oxygens (including phenoxy) is 2. The van der Waals surface area contributed by atoms with E-state index in [1.54, 1.807) is 18.2 Å². The van der Waals surface area contributed by atoms with Crippen LogP contribution in [-0.4, -0.2) is 25.1 Å². The quantitative estimate of drug-likeness (QED) is 0.365. The van der Waals surface area contributed by atoms with Gasteiger partial charge >= 0.3 is 5.97 Å². The minimum absolute atomic E-state index is 0.136. The maximum absolute atomic E-state index is 12.0. The molecule has 0 aliphatic heterocycles. The van der Waals surface area contributed by atoms with Crippen LogP contribution in [-0.2, 0) is 20.7 Å². The van der Waals surface area contributed by atoms with Gasteiger partial charge in [-0.2, -0.15) is 0 Å². The summed E-state index contributed by atoms with van der Waals surface area (Å²) in [4.78, 5) is 23.8. The number of aryl methyl sites for hydroxylation is 1. The van der Waals surface area contributed by atoms with Crippen LogP contribution < -0.4 is 10.1 Å². The highest BCUT2D eigenvalue weighted by Crippen LogP contribution is 2.27. The van der Waals surface area contributed by atoms with Gasteiger partial charge in [0.15, 0.2) is 6.61 Å². The van der Waals surface area contributed by atoms with Gasteiger partial charge in [0.1, 0.15) is 5.75 Å². The SMILES string of the molecule is CCc1cc(Br)ccc1NC(=O)COC(=O)CCCOc1ccc(Cl)cc1Cl. The molecule has 2 aromatic rings. The third-order valence-electron chi connectivity index (χ3n) is 3.76. The summed E-state index contributed by atoms with van der Waals surface area (Å²) in [5.74, 6) is -0.345. The van der Waals surface area contributed by atoms with E-state index in [-0.39, 0.29) is 18.9 Å². The van der Waals surface area contributed by atoms with Crippen molar-refractivity contribution in [1.82, 2.24) is 0 Å². The van der Waals surface area contributed by atoms with Gasteiger partial charge < -0.3 is 14.8 Å². The zero-order valence-corrected chi connectivity index (χ0v) is 18.4. The molecule has 8 heteroatoms. The van der Waals surface area contributed by atoms with E-state index >= 15 is 0 Å². The molecule has 5 nitrogen and oxygen atoms in total. The molecule has 0 saturated carbocycles. The van der Waals surface area contributed by atoms with E-state index in [1.165, 1.54) is 0 Å². The summed E-state index contributed by atoms with van der Waals surface area (Å²) < 4.78 is 11.4. The predicted molar refractivity (Wildman–Crippen MR) is 114 cm³/mol. The van der Waals surface area contributed by atoms with Crippen molar-refractivity contribution in [3.63, 3.8) is 0 Å². The maximum atomic E-state index is 12.0. The van der Waals surface area contributed by atoms with E-state index < -0.39 is 5.97 Å². The van der Waals surface area contributed by atoms with Crippen LogP contribution >= 0.6 is 39.1 Å². The Morgan fingerprint density at radius 2 is 1.93 bits per heavy atom. The first kappa shape index (κ1) is 22.5. The molecule has 0 aliphatic rings. The second-order valence-corrected chi connectivity index (χ2v) is 7.65. The molecule has 28 heavy (non-hydrogen) atoms. The van der Waals surface area contributed by atoms with Crippen molar-refractivity contribution in [2.75, 3.05) is 18.5 Å². The van der Waals surface area contributed by atoms with Crippen LogP contribution in [0, 0.1) is 0 Å². The smallest absolute Gasteiger partial charge is 0.306 e. The molecule has 0 aliphatic carbocycles. The number of hydrogen-bond acceptors (Lipinski definition) is 4. The second-order valence-electron chi connectivity index (χ2n) is 5.89. The highest BCUT2D eigenvalue weighted by Gasteiger charge is 2.10. The first-order valence-corrected chi connectivity index (χ1v) is 10.3. The van der Waals surface area contributed by atoms with Crippen molar-refractivity contribution in [2.24, 2.45) is 0 Å². The van der Waals surface area contributed by atoms with Crippen molar-refractivity contribution >= 4 is 56.7 Å². The van der Waals surface area contributed by atoms with Crippen molar-refractivity contribution in [3.8, 4) is 5.75 Å². The molecule has 0 bridgehead atoms. The minimum atomic E-state index is -0.465. The highest BCUT2D eigenvalue weighted by molar-refractivity contribution is 9.10. The molecule has 0 aromatic heterocycles. The van der Waals surface area contributed by atoms with E-state index in [9.17, 15) is 9.59 Å². The summed E-state index contributed by atoms with van der Waals surface area (Å²) in [5.41, 5.74) is 1.70. The van der Waals surface area contributed by atoms with Gasteiger partial charge in [0.2, 0.25) is 0 Å². The first-order chi connectivity index (χ1) is 13.4. The molecule has 2 aromatic carbocycles. The molecular weight excluding hydrogens is 469 g/mol. The third kappa shape index (κ3) is 7.34. The fourth-order valence-electron chi connectivity index (χ4n) is 2.37. The van der Waals surface area contributed by atoms with Crippen molar-refractivity contribution in [2.45, 2.75) is 26.2 Å². The van der Waals surface area contributed by atoms with Crippen LogP contribution in [0.4, 0.5) is 5.69 Å². The van der Waals surface area contributed by atoms with Crippen LogP contribution in [0.25, 0.3) is 0 Å². The Bertz CT molecular complexity index is 845. The van der Waals surface area contributed by atoms with Crippen LogP contribution in [0.1, 0.15) is 25.3 Å². The Hall–Kier alpha value is -1.76. The van der Waals surface area contributed by atoms with Crippen LogP contribution in [0.15, 0.2) is 40.9 Å². The van der Waals surface area contributed by atoms with Gasteiger partial charge in [0.05, 0.1) is 11.6 Å². The van der Waals surface area contributed by atoms with Gasteiger partial charge in [-0.05, 0) is 54.8 Å². The number of benzene rings is 2. The third-order valence-corrected chi connectivity index (χ3v) is 4.79. The molecule has 1 N–H and O–H groups in total. The van der Waals surface area contributed by atoms with Crippen LogP contribution in [0.5, 0.6) is 5.75 Å². The molecule has 0 saturated heterocycles. The summed E-state index contributed by atoms with van der Waals surface area (Å²) in [6, 6.07) is 10.5. The van der Waals surface area contributed by atoms with Crippen molar-refractivity contribution in [1.29, 1.82) is 0 Å². The van der Waals surface area contributed by atoms with Crippen molar-refractivity contribution in [3.05, 3.63) is 56.5 Å². The van der Waals surface area contributed by atoms with E-state index in [0.717, 1.165) is 16.5 Å². The number of carbonyl (C=O) groups is 2. The number of esters is 1. The Morgan fingerprint density at radius 1 is 1.14 bits per heavy atom. The number of hydrogen-bond donors (Lipinski definition) is 1. The van der Waals surface area contributed by atoms with Crippen molar-refractivity contribution < 1.29 is 19.1 Å². The summed E-state index contributed by atoms with van der Waals surface area (Å²) in [6.45, 7) is 1.96. The lowest BCUT2D eigenvalue weighted by molar-refractivity contribution is -0.147. The monoisotopic (exact) mass is 487 g/mol. The Balaban J connectivity index is 1.68. The summed E-state index contributed by atoms with van der Waals surface area (Å²) >= 11 is 15.2.